The summed E-state index contributed by atoms with van der Waals surface area (Å²) in [6, 6.07) is 0. The first-order chi connectivity index (χ1) is 8.16. The van der Waals surface area contributed by atoms with E-state index in [4.69, 9.17) is 4.74 Å². The zero-order valence-corrected chi connectivity index (χ0v) is 11.4. The zero-order chi connectivity index (χ0) is 12.9. The minimum Gasteiger partial charge on any atom is -0.463 e. The molecule has 0 N–H and O–H groups in total. The number of ether oxygens (including phenoxy) is 1. The van der Waals surface area contributed by atoms with Crippen molar-refractivity contribution in [1.29, 1.82) is 0 Å². The number of rotatable bonds is 9. The maximum absolute atomic E-state index is 10.7. The molecule has 17 heavy (non-hydrogen) atoms. The molecule has 1 unspecified atom stereocenters. The number of allylic oxidation sites excluding steroid dienone is 4. The fourth-order valence-corrected chi connectivity index (χ4v) is 1.54. The standard InChI is InChI=1S/C15H26O2/c1-4-5-6-7-8-9-10-11-12-13-14(2)17-15(3)16/h7-10,14H,4-6,11-13H2,1-3H3/b8-7+,10-9+. The molecular formula is C15H26O2. The number of carbonyl (C=O) groups is 1. The highest BCUT2D eigenvalue weighted by molar-refractivity contribution is 5.66. The molecule has 0 saturated heterocycles. The fourth-order valence-electron chi connectivity index (χ4n) is 1.54. The molecule has 0 amide bonds. The van der Waals surface area contributed by atoms with E-state index >= 15 is 0 Å². The maximum atomic E-state index is 10.7. The number of hydrogen-bond acceptors (Lipinski definition) is 2. The van der Waals surface area contributed by atoms with Crippen LogP contribution in [0.2, 0.25) is 0 Å². The molecule has 0 saturated carbocycles. The highest BCUT2D eigenvalue weighted by Gasteiger charge is 2.03. The molecular weight excluding hydrogens is 212 g/mol. The van der Waals surface area contributed by atoms with Crippen LogP contribution < -0.4 is 0 Å². The van der Waals surface area contributed by atoms with Gasteiger partial charge in [0, 0.05) is 6.92 Å². The Morgan fingerprint density at radius 3 is 2.29 bits per heavy atom. The average Bonchev–Trinajstić information content (AvgIpc) is 2.26. The third kappa shape index (κ3) is 12.9. The van der Waals surface area contributed by atoms with Gasteiger partial charge in [0.25, 0.3) is 0 Å². The van der Waals surface area contributed by atoms with Crippen LogP contribution in [0.5, 0.6) is 0 Å². The van der Waals surface area contributed by atoms with Gasteiger partial charge in [0.1, 0.15) is 0 Å². The second kappa shape index (κ2) is 11.4. The van der Waals surface area contributed by atoms with Crippen LogP contribution in [-0.2, 0) is 9.53 Å². The predicted molar refractivity (Wildman–Crippen MR) is 72.9 cm³/mol. The minimum atomic E-state index is -0.188. The van der Waals surface area contributed by atoms with Crippen molar-refractivity contribution in [3.8, 4) is 0 Å². The average molecular weight is 238 g/mol. The Morgan fingerprint density at radius 2 is 1.76 bits per heavy atom. The first-order valence-electron chi connectivity index (χ1n) is 6.65. The summed E-state index contributed by atoms with van der Waals surface area (Å²) in [5, 5.41) is 0. The summed E-state index contributed by atoms with van der Waals surface area (Å²) >= 11 is 0. The zero-order valence-electron chi connectivity index (χ0n) is 11.4. The van der Waals surface area contributed by atoms with Gasteiger partial charge in [-0.15, -0.1) is 0 Å². The molecule has 0 aromatic rings. The minimum absolute atomic E-state index is 0.0426. The molecule has 0 aliphatic rings. The summed E-state index contributed by atoms with van der Waals surface area (Å²) in [6.45, 7) is 5.60. The lowest BCUT2D eigenvalue weighted by Gasteiger charge is -2.10. The molecule has 0 aromatic carbocycles. The van der Waals surface area contributed by atoms with E-state index in [2.05, 4.69) is 31.2 Å². The van der Waals surface area contributed by atoms with Crippen molar-refractivity contribution in [2.24, 2.45) is 0 Å². The van der Waals surface area contributed by atoms with Crippen LogP contribution in [0.4, 0.5) is 0 Å². The SMILES string of the molecule is CCCC/C=C/C=C/CCCC(C)OC(C)=O. The van der Waals surface area contributed by atoms with Crippen LogP contribution in [0.3, 0.4) is 0 Å². The van der Waals surface area contributed by atoms with E-state index in [1.54, 1.807) is 0 Å². The van der Waals surface area contributed by atoms with Crippen LogP contribution in [0.1, 0.15) is 59.3 Å². The highest BCUT2D eigenvalue weighted by atomic mass is 16.5. The molecule has 0 aliphatic heterocycles. The fraction of sp³-hybridized carbons (Fsp3) is 0.667. The smallest absolute Gasteiger partial charge is 0.302 e. The van der Waals surface area contributed by atoms with E-state index in [0.717, 1.165) is 19.3 Å². The summed E-state index contributed by atoms with van der Waals surface area (Å²) in [5.41, 5.74) is 0. The first kappa shape index (κ1) is 16.0. The largest absolute Gasteiger partial charge is 0.463 e. The summed E-state index contributed by atoms with van der Waals surface area (Å²) in [6.07, 6.45) is 15.4. The third-order valence-electron chi connectivity index (χ3n) is 2.46. The van der Waals surface area contributed by atoms with E-state index in [1.807, 2.05) is 6.92 Å². The monoisotopic (exact) mass is 238 g/mol. The van der Waals surface area contributed by atoms with Crippen molar-refractivity contribution < 1.29 is 9.53 Å². The van der Waals surface area contributed by atoms with Crippen LogP contribution in [0.15, 0.2) is 24.3 Å². The van der Waals surface area contributed by atoms with E-state index in [9.17, 15) is 4.79 Å². The van der Waals surface area contributed by atoms with Gasteiger partial charge in [-0.1, -0.05) is 44.1 Å². The first-order valence-corrected chi connectivity index (χ1v) is 6.65. The van der Waals surface area contributed by atoms with Crippen molar-refractivity contribution >= 4 is 5.97 Å². The quantitative estimate of drug-likeness (QED) is 0.338. The van der Waals surface area contributed by atoms with Crippen molar-refractivity contribution in [1.82, 2.24) is 0 Å². The van der Waals surface area contributed by atoms with Gasteiger partial charge in [-0.2, -0.15) is 0 Å². The van der Waals surface area contributed by atoms with Crippen molar-refractivity contribution in [3.63, 3.8) is 0 Å². The Balaban J connectivity index is 3.41. The normalized spacial score (nSPS) is 13.4. The van der Waals surface area contributed by atoms with Crippen LogP contribution in [-0.4, -0.2) is 12.1 Å². The molecule has 0 spiro atoms. The molecule has 0 aromatic heterocycles. The number of esters is 1. The van der Waals surface area contributed by atoms with E-state index in [1.165, 1.54) is 26.2 Å². The molecule has 0 heterocycles. The topological polar surface area (TPSA) is 26.3 Å². The second-order valence-corrected chi connectivity index (χ2v) is 4.35. The number of hydrogen-bond donors (Lipinski definition) is 0. The number of unbranched alkanes of at least 4 members (excludes halogenated alkanes) is 3. The van der Waals surface area contributed by atoms with Gasteiger partial charge in [0.05, 0.1) is 6.10 Å². The molecule has 2 nitrogen and oxygen atoms in total. The molecule has 0 radical (unpaired) electrons. The van der Waals surface area contributed by atoms with Gasteiger partial charge >= 0.3 is 5.97 Å². The lowest BCUT2D eigenvalue weighted by molar-refractivity contribution is -0.145. The van der Waals surface area contributed by atoms with Gasteiger partial charge in [-0.3, -0.25) is 4.79 Å². The third-order valence-corrected chi connectivity index (χ3v) is 2.46. The van der Waals surface area contributed by atoms with Crippen molar-refractivity contribution in [3.05, 3.63) is 24.3 Å². The van der Waals surface area contributed by atoms with E-state index < -0.39 is 0 Å². The van der Waals surface area contributed by atoms with Gasteiger partial charge in [0.15, 0.2) is 0 Å². The molecule has 0 bridgehead atoms. The van der Waals surface area contributed by atoms with Crippen LogP contribution >= 0.6 is 0 Å². The maximum Gasteiger partial charge on any atom is 0.302 e. The van der Waals surface area contributed by atoms with E-state index in [0.29, 0.717) is 0 Å². The Kier molecular flexibility index (Phi) is 10.7. The van der Waals surface area contributed by atoms with Gasteiger partial charge in [-0.05, 0) is 32.6 Å². The molecule has 2 heteroatoms. The van der Waals surface area contributed by atoms with Crippen molar-refractivity contribution in [2.45, 2.75) is 65.4 Å². The highest BCUT2D eigenvalue weighted by Crippen LogP contribution is 2.05. The van der Waals surface area contributed by atoms with E-state index in [-0.39, 0.29) is 12.1 Å². The Morgan fingerprint density at radius 1 is 1.18 bits per heavy atom. The summed E-state index contributed by atoms with van der Waals surface area (Å²) in [4.78, 5) is 10.7. The molecule has 98 valence electrons. The van der Waals surface area contributed by atoms with Crippen molar-refractivity contribution in [2.75, 3.05) is 0 Å². The lowest BCUT2D eigenvalue weighted by Crippen LogP contribution is -2.11. The summed E-state index contributed by atoms with van der Waals surface area (Å²) in [7, 11) is 0. The Bertz CT molecular complexity index is 241. The Labute approximate surface area is 106 Å². The molecule has 0 rings (SSSR count). The summed E-state index contributed by atoms with van der Waals surface area (Å²) in [5.74, 6) is -0.188. The second-order valence-electron chi connectivity index (χ2n) is 4.35. The molecule has 0 fully saturated rings. The van der Waals surface area contributed by atoms with Crippen LogP contribution in [0.25, 0.3) is 0 Å². The number of carbonyl (C=O) groups excluding carboxylic acids is 1. The van der Waals surface area contributed by atoms with Gasteiger partial charge in [-0.25, -0.2) is 0 Å². The van der Waals surface area contributed by atoms with Crippen LogP contribution in [0, 0.1) is 0 Å². The lowest BCUT2D eigenvalue weighted by atomic mass is 10.1. The van der Waals surface area contributed by atoms with Gasteiger partial charge in [0.2, 0.25) is 0 Å². The van der Waals surface area contributed by atoms with Gasteiger partial charge < -0.3 is 4.74 Å². The molecule has 0 aliphatic carbocycles. The summed E-state index contributed by atoms with van der Waals surface area (Å²) < 4.78 is 5.05. The predicted octanol–water partition coefficient (Wildman–Crippen LogP) is 4.41. The molecule has 1 atom stereocenters. The Hall–Kier alpha value is -1.05.